The molecule has 1 aliphatic carbocycles. The number of hydrogen-bond acceptors (Lipinski definition) is 7. The van der Waals surface area contributed by atoms with Gasteiger partial charge in [0.1, 0.15) is 5.75 Å². The first-order chi connectivity index (χ1) is 19.0. The van der Waals surface area contributed by atoms with E-state index < -0.39 is 17.6 Å². The number of benzene rings is 1. The smallest absolute Gasteiger partial charge is 0.313 e. The number of ether oxygens (including phenoxy) is 3. The van der Waals surface area contributed by atoms with Gasteiger partial charge in [-0.15, -0.1) is 0 Å². The zero-order chi connectivity index (χ0) is 27.2. The highest BCUT2D eigenvalue weighted by Gasteiger charge is 2.25. The van der Waals surface area contributed by atoms with Crippen LogP contribution in [-0.4, -0.2) is 61.6 Å². The molecule has 0 unspecified atom stereocenters. The van der Waals surface area contributed by atoms with Crippen LogP contribution in [-0.2, 0) is 25.5 Å². The average Bonchev–Trinajstić information content (AvgIpc) is 3.42. The third-order valence-corrected chi connectivity index (χ3v) is 7.20. The molecule has 2 saturated heterocycles. The standard InChI is InChI=1S/C29H33FN4O5/c1-37-26-7-5-21-23(17-27(26)38-18-19-8-11-31-12-9-19)32-13-10-24(21)39-25-6-4-20(16-22(25)30)33-28(35)29(36)34-14-2-3-15-34/h4,6-7,10,13,16-17,19,31H,2-3,5,8-9,11-12,14-15,18H2,1H3,(H,33,35). The average molecular weight is 537 g/mol. The molecule has 2 aliphatic heterocycles. The molecule has 0 atom stereocenters. The number of halogens is 1. The topological polar surface area (TPSA) is 102 Å². The highest BCUT2D eigenvalue weighted by Crippen LogP contribution is 2.34. The van der Waals surface area contributed by atoms with Gasteiger partial charge in [-0.05, 0) is 69.0 Å². The van der Waals surface area contributed by atoms with Crippen molar-refractivity contribution in [3.8, 4) is 11.5 Å². The normalized spacial score (nSPS) is 17.4. The molecule has 3 heterocycles. The summed E-state index contributed by atoms with van der Waals surface area (Å²) < 4.78 is 32.7. The number of amides is 2. The van der Waals surface area contributed by atoms with Gasteiger partial charge in [0.15, 0.2) is 23.1 Å². The fourth-order valence-electron chi connectivity index (χ4n) is 4.99. The number of fused-ring (bicyclic) bond motifs is 1. The largest absolute Gasteiger partial charge is 0.493 e. The van der Waals surface area contributed by atoms with Crippen molar-refractivity contribution in [2.45, 2.75) is 32.1 Å². The van der Waals surface area contributed by atoms with E-state index in [4.69, 9.17) is 14.2 Å². The van der Waals surface area contributed by atoms with E-state index in [1.54, 1.807) is 19.4 Å². The Hall–Kier alpha value is -3.92. The Balaban J connectivity index is 1.30. The number of anilines is 1. The molecule has 2 aromatic rings. The molecule has 0 spiro atoms. The van der Waals surface area contributed by atoms with E-state index in [0.717, 1.165) is 50.4 Å². The van der Waals surface area contributed by atoms with Gasteiger partial charge in [0.25, 0.3) is 0 Å². The van der Waals surface area contributed by atoms with E-state index in [2.05, 4.69) is 15.6 Å². The molecule has 2 N–H and O–H groups in total. The molecule has 1 aromatic heterocycles. The van der Waals surface area contributed by atoms with E-state index in [1.165, 1.54) is 17.0 Å². The van der Waals surface area contributed by atoms with Gasteiger partial charge < -0.3 is 29.7 Å². The van der Waals surface area contributed by atoms with Crippen LogP contribution >= 0.6 is 0 Å². The molecule has 1 aromatic carbocycles. The second-order valence-electron chi connectivity index (χ2n) is 9.86. The van der Waals surface area contributed by atoms with Crippen molar-refractivity contribution >= 4 is 23.6 Å². The van der Waals surface area contributed by atoms with Gasteiger partial charge in [0, 0.05) is 49.1 Å². The maximum atomic E-state index is 15.0. The van der Waals surface area contributed by atoms with Crippen molar-refractivity contribution in [2.75, 3.05) is 45.2 Å². The summed E-state index contributed by atoms with van der Waals surface area (Å²) in [5.41, 5.74) is 1.60. The van der Waals surface area contributed by atoms with Gasteiger partial charge in [-0.1, -0.05) is 0 Å². The minimum atomic E-state index is -0.782. The first-order valence-electron chi connectivity index (χ1n) is 13.4. The lowest BCUT2D eigenvalue weighted by Gasteiger charge is -2.23. The predicted octanol–water partition coefficient (Wildman–Crippen LogP) is 4.02. The summed E-state index contributed by atoms with van der Waals surface area (Å²) in [7, 11) is 1.60. The van der Waals surface area contributed by atoms with E-state index in [0.29, 0.717) is 55.0 Å². The monoisotopic (exact) mass is 536 g/mol. The Morgan fingerprint density at radius 2 is 1.92 bits per heavy atom. The van der Waals surface area contributed by atoms with Crippen LogP contribution in [0.5, 0.6) is 11.5 Å². The zero-order valence-corrected chi connectivity index (χ0v) is 22.0. The van der Waals surface area contributed by atoms with Crippen molar-refractivity contribution in [1.29, 1.82) is 0 Å². The molecule has 0 radical (unpaired) electrons. The van der Waals surface area contributed by atoms with Crippen molar-refractivity contribution in [2.24, 2.45) is 5.92 Å². The maximum Gasteiger partial charge on any atom is 0.313 e. The second kappa shape index (κ2) is 12.3. The first kappa shape index (κ1) is 26.7. The van der Waals surface area contributed by atoms with Crippen molar-refractivity contribution in [3.05, 3.63) is 65.1 Å². The molecule has 9 nitrogen and oxygen atoms in total. The third-order valence-electron chi connectivity index (χ3n) is 7.20. The number of rotatable bonds is 7. The minimum absolute atomic E-state index is 0.0150. The summed E-state index contributed by atoms with van der Waals surface area (Å²) in [6, 6.07) is 5.75. The summed E-state index contributed by atoms with van der Waals surface area (Å²) in [6.07, 6.45) is 9.67. The van der Waals surface area contributed by atoms with Gasteiger partial charge in [-0.2, -0.15) is 0 Å². The van der Waals surface area contributed by atoms with Crippen LogP contribution in [0.15, 0.2) is 48.1 Å². The highest BCUT2D eigenvalue weighted by molar-refractivity contribution is 6.39. The van der Waals surface area contributed by atoms with Crippen LogP contribution < -0.4 is 15.4 Å². The van der Waals surface area contributed by atoms with E-state index in [1.807, 2.05) is 12.2 Å². The van der Waals surface area contributed by atoms with Crippen LogP contribution in [0.2, 0.25) is 0 Å². The number of methoxy groups -OCH3 is 1. The Kier molecular flexibility index (Phi) is 8.41. The highest BCUT2D eigenvalue weighted by atomic mass is 19.1. The fourth-order valence-corrected chi connectivity index (χ4v) is 4.99. The van der Waals surface area contributed by atoms with Gasteiger partial charge in [-0.25, -0.2) is 4.39 Å². The molecular formula is C29H33FN4O5. The molecule has 2 fully saturated rings. The second-order valence-corrected chi connectivity index (χ2v) is 9.86. The summed E-state index contributed by atoms with van der Waals surface area (Å²) in [5.74, 6) is 0.0662. The SMILES string of the molecule is COC1=CCc2c(Oc3ccc(NC(=O)C(=O)N4CCCC4)cc3F)ccnc2C=C1OCC1CCNCC1. The molecule has 10 heteroatoms. The van der Waals surface area contributed by atoms with Crippen LogP contribution in [0, 0.1) is 11.7 Å². The summed E-state index contributed by atoms with van der Waals surface area (Å²) >= 11 is 0. The van der Waals surface area contributed by atoms with Gasteiger partial charge >= 0.3 is 11.8 Å². The Bertz CT molecular complexity index is 1280. The van der Waals surface area contributed by atoms with Gasteiger partial charge in [0.2, 0.25) is 0 Å². The Morgan fingerprint density at radius 1 is 1.13 bits per heavy atom. The van der Waals surface area contributed by atoms with E-state index in [-0.39, 0.29) is 11.4 Å². The molecular weight excluding hydrogens is 503 g/mol. The van der Waals surface area contributed by atoms with Crippen LogP contribution in [0.4, 0.5) is 10.1 Å². The Labute approximate surface area is 227 Å². The van der Waals surface area contributed by atoms with Crippen LogP contribution in [0.1, 0.15) is 36.9 Å². The predicted molar refractivity (Wildman–Crippen MR) is 143 cm³/mol. The molecule has 206 valence electrons. The van der Waals surface area contributed by atoms with Crippen molar-refractivity contribution in [3.63, 3.8) is 0 Å². The molecule has 5 rings (SSSR count). The molecule has 2 amide bonds. The number of allylic oxidation sites excluding steroid dienone is 1. The number of carbonyl (C=O) groups excluding carboxylic acids is 2. The van der Waals surface area contributed by atoms with Crippen LogP contribution in [0.3, 0.4) is 0 Å². The maximum absolute atomic E-state index is 15.0. The number of aromatic nitrogens is 1. The molecule has 39 heavy (non-hydrogen) atoms. The van der Waals surface area contributed by atoms with E-state index in [9.17, 15) is 9.59 Å². The number of nitrogens with one attached hydrogen (secondary N) is 2. The summed E-state index contributed by atoms with van der Waals surface area (Å²) in [5, 5.41) is 5.84. The fraction of sp³-hybridized carbons (Fsp3) is 0.414. The quantitative estimate of drug-likeness (QED) is 0.516. The third kappa shape index (κ3) is 6.39. The lowest BCUT2D eigenvalue weighted by Crippen LogP contribution is -2.37. The first-order valence-corrected chi connectivity index (χ1v) is 13.4. The van der Waals surface area contributed by atoms with E-state index >= 15 is 4.39 Å². The number of nitrogens with zero attached hydrogens (tertiary/aromatic N) is 2. The zero-order valence-electron chi connectivity index (χ0n) is 22.0. The molecule has 3 aliphatic rings. The summed E-state index contributed by atoms with van der Waals surface area (Å²) in [4.78, 5) is 30.6. The summed E-state index contributed by atoms with van der Waals surface area (Å²) in [6.45, 7) is 3.70. The van der Waals surface area contributed by atoms with Crippen molar-refractivity contribution < 1.29 is 28.2 Å². The van der Waals surface area contributed by atoms with Gasteiger partial charge in [-0.3, -0.25) is 14.6 Å². The molecule has 0 saturated carbocycles. The van der Waals surface area contributed by atoms with Gasteiger partial charge in [0.05, 0.1) is 19.4 Å². The minimum Gasteiger partial charge on any atom is -0.493 e. The van der Waals surface area contributed by atoms with Crippen LogP contribution in [0.25, 0.3) is 6.08 Å². The number of hydrogen-bond donors (Lipinski definition) is 2. The molecule has 0 bridgehead atoms. The number of carbonyl (C=O) groups is 2. The lowest BCUT2D eigenvalue weighted by molar-refractivity contribution is -0.142. The van der Waals surface area contributed by atoms with Crippen molar-refractivity contribution in [1.82, 2.24) is 15.2 Å². The lowest BCUT2D eigenvalue weighted by atomic mass is 9.99. The number of piperidine rings is 1. The Morgan fingerprint density at radius 3 is 2.67 bits per heavy atom. The number of pyridine rings is 1. The number of likely N-dealkylation sites (tertiary alicyclic amines) is 1.